The fourth-order valence-electron chi connectivity index (χ4n) is 2.19. The number of rotatable bonds is 1. The highest BCUT2D eigenvalue weighted by atomic mass is 31.0. The third-order valence-corrected chi connectivity index (χ3v) is 3.28. The summed E-state index contributed by atoms with van der Waals surface area (Å²) in [5.41, 5.74) is -0.442. The van der Waals surface area contributed by atoms with Crippen LogP contribution >= 0.6 is 9.39 Å². The number of nitrogens with zero attached hydrogens (tertiary/aromatic N) is 1. The molecule has 0 amide bonds. The molecule has 0 radical (unpaired) electrons. The minimum Gasteiger partial charge on any atom is -0.386 e. The van der Waals surface area contributed by atoms with Crippen LogP contribution in [0.4, 0.5) is 0 Å². The predicted octanol–water partition coefficient (Wildman–Crippen LogP) is -0.0347. The lowest BCUT2D eigenvalue weighted by Crippen LogP contribution is -2.68. The molecule has 2 N–H and O–H groups in total. The van der Waals surface area contributed by atoms with E-state index in [2.05, 4.69) is 19.4 Å². The van der Waals surface area contributed by atoms with Crippen LogP contribution in [0.25, 0.3) is 0 Å². The highest BCUT2D eigenvalue weighted by Gasteiger charge is 2.45. The van der Waals surface area contributed by atoms with Gasteiger partial charge in [0.05, 0.1) is 0 Å². The number of hydrogen-bond donors (Lipinski definition) is 2. The second-order valence-corrected chi connectivity index (χ2v) is 4.74. The topological polar surface area (TPSA) is 35.5 Å². The Morgan fingerprint density at radius 3 is 2.67 bits per heavy atom. The lowest BCUT2D eigenvalue weighted by molar-refractivity contribution is -0.0884. The van der Waals surface area contributed by atoms with Crippen molar-refractivity contribution in [2.45, 2.75) is 30.9 Å². The molecule has 0 aromatic rings. The molecule has 0 bridgehead atoms. The predicted molar refractivity (Wildman–Crippen MR) is 51.9 cm³/mol. The van der Waals surface area contributed by atoms with Crippen LogP contribution in [0.5, 0.6) is 0 Å². The van der Waals surface area contributed by atoms with Crippen molar-refractivity contribution in [2.75, 3.05) is 19.6 Å². The Kier molecular flexibility index (Phi) is 2.39. The Balaban J connectivity index is 1.90. The van der Waals surface area contributed by atoms with Crippen LogP contribution in [-0.2, 0) is 0 Å². The van der Waals surface area contributed by atoms with Crippen molar-refractivity contribution in [1.29, 1.82) is 0 Å². The summed E-state index contributed by atoms with van der Waals surface area (Å²) in [6.45, 7) is 2.68. The van der Waals surface area contributed by atoms with Crippen molar-refractivity contribution in [3.8, 4) is 0 Å². The Morgan fingerprint density at radius 2 is 2.17 bits per heavy atom. The largest absolute Gasteiger partial charge is 0.386 e. The first-order chi connectivity index (χ1) is 5.71. The maximum atomic E-state index is 10.1. The summed E-state index contributed by atoms with van der Waals surface area (Å²) in [5, 5.41) is 13.5. The summed E-state index contributed by atoms with van der Waals surface area (Å²) in [4.78, 5) is 0. The van der Waals surface area contributed by atoms with E-state index in [1.807, 2.05) is 0 Å². The quantitative estimate of drug-likeness (QED) is 0.567. The van der Waals surface area contributed by atoms with Crippen LogP contribution in [0.3, 0.4) is 0 Å². The summed E-state index contributed by atoms with van der Waals surface area (Å²) in [6.07, 6.45) is 3.66. The first kappa shape index (κ1) is 8.89. The molecule has 70 valence electrons. The molecule has 2 aliphatic heterocycles. The summed E-state index contributed by atoms with van der Waals surface area (Å²) >= 11 is 0. The average Bonchev–Trinajstić information content (AvgIpc) is 2.04. The van der Waals surface area contributed by atoms with Crippen molar-refractivity contribution >= 4 is 9.39 Å². The van der Waals surface area contributed by atoms with E-state index in [0.29, 0.717) is 6.04 Å². The van der Waals surface area contributed by atoms with Crippen LogP contribution in [-0.4, -0.2) is 41.1 Å². The maximum Gasteiger partial charge on any atom is 0.106 e. The number of piperidine rings is 1. The van der Waals surface area contributed by atoms with Gasteiger partial charge in [0.25, 0.3) is 0 Å². The molecule has 2 unspecified atom stereocenters. The Bertz CT molecular complexity index is 164. The molecule has 0 saturated carbocycles. The van der Waals surface area contributed by atoms with E-state index in [9.17, 15) is 5.11 Å². The van der Waals surface area contributed by atoms with Crippen LogP contribution < -0.4 is 5.32 Å². The van der Waals surface area contributed by atoms with E-state index in [4.69, 9.17) is 0 Å². The molecule has 2 rings (SSSR count). The molecular formula is C8H17N2OP. The summed E-state index contributed by atoms with van der Waals surface area (Å²) in [6, 6.07) is 0.336. The molecular weight excluding hydrogens is 171 g/mol. The van der Waals surface area contributed by atoms with Gasteiger partial charge in [-0.3, -0.25) is 4.67 Å². The second-order valence-electron chi connectivity index (χ2n) is 4.01. The van der Waals surface area contributed by atoms with Crippen molar-refractivity contribution in [3.05, 3.63) is 0 Å². The van der Waals surface area contributed by atoms with Gasteiger partial charge in [-0.1, -0.05) is 15.8 Å². The molecule has 0 aromatic heterocycles. The fourth-order valence-corrected chi connectivity index (χ4v) is 2.82. The van der Waals surface area contributed by atoms with Crippen molar-refractivity contribution in [1.82, 2.24) is 9.99 Å². The van der Waals surface area contributed by atoms with Crippen LogP contribution in [0.15, 0.2) is 0 Å². The van der Waals surface area contributed by atoms with Gasteiger partial charge in [-0.15, -0.1) is 0 Å². The second kappa shape index (κ2) is 3.22. The molecule has 4 heteroatoms. The van der Waals surface area contributed by atoms with Gasteiger partial charge >= 0.3 is 0 Å². The maximum absolute atomic E-state index is 10.1. The van der Waals surface area contributed by atoms with Crippen LogP contribution in [0, 0.1) is 0 Å². The molecule has 2 saturated heterocycles. The van der Waals surface area contributed by atoms with E-state index in [0.717, 1.165) is 26.1 Å². The van der Waals surface area contributed by atoms with E-state index in [1.165, 1.54) is 12.8 Å². The van der Waals surface area contributed by atoms with Crippen molar-refractivity contribution < 1.29 is 5.11 Å². The van der Waals surface area contributed by atoms with Gasteiger partial charge in [0, 0.05) is 19.1 Å². The van der Waals surface area contributed by atoms with Gasteiger partial charge in [-0.25, -0.2) is 0 Å². The summed E-state index contributed by atoms with van der Waals surface area (Å²) in [7, 11) is 2.63. The molecule has 0 spiro atoms. The van der Waals surface area contributed by atoms with Gasteiger partial charge in [0.2, 0.25) is 0 Å². The number of β-amino-alcohol motifs (C(OH)–C–C–N with tert-alkyl or cyclic N) is 1. The highest BCUT2D eigenvalue weighted by Crippen LogP contribution is 2.30. The number of hydrogen-bond acceptors (Lipinski definition) is 3. The van der Waals surface area contributed by atoms with Crippen LogP contribution in [0.2, 0.25) is 0 Å². The minimum absolute atomic E-state index is 0.336. The molecule has 0 aromatic carbocycles. The fraction of sp³-hybridized carbons (Fsp3) is 1.00. The number of nitrogens with one attached hydrogen (secondary N) is 1. The lowest BCUT2D eigenvalue weighted by Gasteiger charge is -2.50. The normalized spacial score (nSPS) is 36.0. The van der Waals surface area contributed by atoms with Gasteiger partial charge in [0.15, 0.2) is 0 Å². The minimum atomic E-state index is -0.442. The zero-order chi connectivity index (χ0) is 8.60. The molecule has 2 fully saturated rings. The molecule has 12 heavy (non-hydrogen) atoms. The van der Waals surface area contributed by atoms with Gasteiger partial charge in [-0.05, 0) is 19.4 Å². The third-order valence-electron chi connectivity index (χ3n) is 2.91. The molecule has 2 heterocycles. The standard InChI is InChI=1S/C8H17N2OP/c11-8(5-10(12)6-8)7-3-1-2-4-9-7/h7,9,11H,1-6,12H2. The SMILES string of the molecule is OC1(C2CCCCN2)CN(P)C1. The first-order valence-electron chi connectivity index (χ1n) is 4.66. The van der Waals surface area contributed by atoms with E-state index < -0.39 is 5.60 Å². The van der Waals surface area contributed by atoms with E-state index in [1.54, 1.807) is 0 Å². The monoisotopic (exact) mass is 188 g/mol. The van der Waals surface area contributed by atoms with Gasteiger partial charge in [-0.2, -0.15) is 0 Å². The van der Waals surface area contributed by atoms with E-state index >= 15 is 0 Å². The third kappa shape index (κ3) is 1.51. The molecule has 2 atom stereocenters. The summed E-state index contributed by atoms with van der Waals surface area (Å²) in [5.74, 6) is 0. The average molecular weight is 188 g/mol. The molecule has 3 nitrogen and oxygen atoms in total. The Labute approximate surface area is 75.8 Å². The Morgan fingerprint density at radius 1 is 1.42 bits per heavy atom. The van der Waals surface area contributed by atoms with E-state index in [-0.39, 0.29) is 0 Å². The lowest BCUT2D eigenvalue weighted by atomic mass is 9.83. The summed E-state index contributed by atoms with van der Waals surface area (Å²) < 4.78 is 2.08. The smallest absolute Gasteiger partial charge is 0.106 e. The van der Waals surface area contributed by atoms with Gasteiger partial charge < -0.3 is 10.4 Å². The van der Waals surface area contributed by atoms with Crippen molar-refractivity contribution in [3.63, 3.8) is 0 Å². The van der Waals surface area contributed by atoms with Gasteiger partial charge in [0.1, 0.15) is 5.60 Å². The zero-order valence-corrected chi connectivity index (χ0v) is 8.45. The van der Waals surface area contributed by atoms with Crippen molar-refractivity contribution in [2.24, 2.45) is 0 Å². The first-order valence-corrected chi connectivity index (χ1v) is 5.18. The molecule has 2 aliphatic rings. The molecule has 0 aliphatic carbocycles. The zero-order valence-electron chi connectivity index (χ0n) is 7.29. The van der Waals surface area contributed by atoms with Crippen LogP contribution in [0.1, 0.15) is 19.3 Å². The Hall–Kier alpha value is 0.310. The highest BCUT2D eigenvalue weighted by molar-refractivity contribution is 7.13. The number of aliphatic hydroxyl groups is 1.